The number of nitrogens with zero attached hydrogens (tertiary/aromatic N) is 1. The zero-order chi connectivity index (χ0) is 21.8. The average Bonchev–Trinajstić information content (AvgIpc) is 3.27. The molecule has 0 amide bonds. The van der Waals surface area contributed by atoms with Crippen LogP contribution in [0.1, 0.15) is 0 Å². The number of furan rings is 1. The van der Waals surface area contributed by atoms with Crippen LogP contribution in [0.4, 0.5) is 0 Å². The molecule has 0 atom stereocenters. The number of para-hydroxylation sites is 2. The van der Waals surface area contributed by atoms with Gasteiger partial charge in [0.1, 0.15) is 11.2 Å². The van der Waals surface area contributed by atoms with Gasteiger partial charge in [0.2, 0.25) is 0 Å². The predicted octanol–water partition coefficient (Wildman–Crippen LogP) is 8.62. The number of hydrogen-bond acceptors (Lipinski definition) is 2. The van der Waals surface area contributed by atoms with Gasteiger partial charge in [-0.2, -0.15) is 0 Å². The molecule has 2 heteroatoms. The zero-order valence-corrected chi connectivity index (χ0v) is 17.8. The van der Waals surface area contributed by atoms with E-state index in [-0.39, 0.29) is 0 Å². The molecule has 0 bridgehead atoms. The number of pyridine rings is 1. The standard InChI is InChI=1S/C31H19NO/c1-2-10-24-20(7-1)15-16-21-17-18-28(32-30(21)24)23-9-5-8-22(19-23)25-12-6-13-27-26-11-3-4-14-29(26)33-31(25)27/h1-19H. The first-order valence-corrected chi connectivity index (χ1v) is 11.1. The maximum absolute atomic E-state index is 6.27. The number of rotatable bonds is 2. The molecule has 0 fully saturated rings. The van der Waals surface area contributed by atoms with E-state index in [9.17, 15) is 0 Å². The lowest BCUT2D eigenvalue weighted by Gasteiger charge is -2.09. The molecule has 0 saturated heterocycles. The molecular weight excluding hydrogens is 402 g/mol. The third-order valence-electron chi connectivity index (χ3n) is 6.46. The van der Waals surface area contributed by atoms with Crippen molar-refractivity contribution in [1.82, 2.24) is 4.98 Å². The van der Waals surface area contributed by atoms with Gasteiger partial charge in [0, 0.05) is 32.7 Å². The Morgan fingerprint density at radius 3 is 2.21 bits per heavy atom. The molecule has 2 nitrogen and oxygen atoms in total. The van der Waals surface area contributed by atoms with Crippen molar-refractivity contribution in [1.29, 1.82) is 0 Å². The topological polar surface area (TPSA) is 26.0 Å². The Morgan fingerprint density at radius 2 is 1.24 bits per heavy atom. The van der Waals surface area contributed by atoms with Crippen LogP contribution in [0.2, 0.25) is 0 Å². The van der Waals surface area contributed by atoms with Gasteiger partial charge in [0.15, 0.2) is 0 Å². The minimum atomic E-state index is 0.916. The molecule has 2 aromatic heterocycles. The van der Waals surface area contributed by atoms with Crippen LogP contribution in [0.15, 0.2) is 120 Å². The fraction of sp³-hybridized carbons (Fsp3) is 0. The summed E-state index contributed by atoms with van der Waals surface area (Å²) in [6, 6.07) is 40.2. The SMILES string of the molecule is c1cc(-c2ccc3ccc4ccccc4c3n2)cc(-c2cccc3c2oc2ccccc23)c1. The summed E-state index contributed by atoms with van der Waals surface area (Å²) < 4.78 is 6.27. The molecule has 0 N–H and O–H groups in total. The molecule has 7 rings (SSSR count). The Balaban J connectivity index is 1.41. The van der Waals surface area contributed by atoms with Crippen LogP contribution in [0.3, 0.4) is 0 Å². The zero-order valence-electron chi connectivity index (χ0n) is 17.8. The van der Waals surface area contributed by atoms with Crippen molar-refractivity contribution < 1.29 is 4.42 Å². The van der Waals surface area contributed by atoms with E-state index in [4.69, 9.17) is 9.40 Å². The van der Waals surface area contributed by atoms with Crippen LogP contribution in [0, 0.1) is 0 Å². The summed E-state index contributed by atoms with van der Waals surface area (Å²) in [5.41, 5.74) is 7.16. The molecular formula is C31H19NO. The summed E-state index contributed by atoms with van der Waals surface area (Å²) in [6.07, 6.45) is 0. The number of fused-ring (bicyclic) bond motifs is 6. The first-order chi connectivity index (χ1) is 16.3. The molecule has 33 heavy (non-hydrogen) atoms. The van der Waals surface area contributed by atoms with Gasteiger partial charge >= 0.3 is 0 Å². The summed E-state index contributed by atoms with van der Waals surface area (Å²) in [4.78, 5) is 5.08. The minimum Gasteiger partial charge on any atom is -0.455 e. The van der Waals surface area contributed by atoms with Crippen LogP contribution in [-0.2, 0) is 0 Å². The molecule has 0 saturated carbocycles. The molecule has 5 aromatic carbocycles. The summed E-state index contributed by atoms with van der Waals surface area (Å²) in [7, 11) is 0. The highest BCUT2D eigenvalue weighted by Crippen LogP contribution is 2.37. The van der Waals surface area contributed by atoms with Gasteiger partial charge in [-0.25, -0.2) is 4.98 Å². The van der Waals surface area contributed by atoms with Crippen molar-refractivity contribution in [2.75, 3.05) is 0 Å². The molecule has 0 aliphatic carbocycles. The molecule has 0 unspecified atom stereocenters. The monoisotopic (exact) mass is 421 g/mol. The van der Waals surface area contributed by atoms with Crippen molar-refractivity contribution in [3.05, 3.63) is 115 Å². The molecule has 0 aliphatic rings. The largest absolute Gasteiger partial charge is 0.455 e. The Kier molecular flexibility index (Phi) is 3.88. The van der Waals surface area contributed by atoms with Gasteiger partial charge in [-0.05, 0) is 29.1 Å². The fourth-order valence-electron chi connectivity index (χ4n) is 4.84. The third-order valence-corrected chi connectivity index (χ3v) is 6.46. The highest BCUT2D eigenvalue weighted by atomic mass is 16.3. The minimum absolute atomic E-state index is 0.916. The highest BCUT2D eigenvalue weighted by molar-refractivity contribution is 6.10. The van der Waals surface area contributed by atoms with Crippen LogP contribution < -0.4 is 0 Å². The summed E-state index contributed by atoms with van der Waals surface area (Å²) in [6.45, 7) is 0. The second-order valence-electron chi connectivity index (χ2n) is 8.42. The van der Waals surface area contributed by atoms with Gasteiger partial charge in [-0.3, -0.25) is 0 Å². The Hall–Kier alpha value is -4.43. The van der Waals surface area contributed by atoms with Crippen molar-refractivity contribution in [3.8, 4) is 22.4 Å². The lowest BCUT2D eigenvalue weighted by atomic mass is 9.99. The smallest absolute Gasteiger partial charge is 0.143 e. The second-order valence-corrected chi connectivity index (χ2v) is 8.42. The van der Waals surface area contributed by atoms with Crippen LogP contribution in [0.5, 0.6) is 0 Å². The molecule has 0 radical (unpaired) electrons. The summed E-state index contributed by atoms with van der Waals surface area (Å²) in [5, 5.41) is 5.83. The van der Waals surface area contributed by atoms with Gasteiger partial charge in [0.05, 0.1) is 11.2 Å². The van der Waals surface area contributed by atoms with Crippen molar-refractivity contribution in [3.63, 3.8) is 0 Å². The second kappa shape index (κ2) is 7.04. The lowest BCUT2D eigenvalue weighted by molar-refractivity contribution is 0.670. The van der Waals surface area contributed by atoms with E-state index in [1.807, 2.05) is 12.1 Å². The van der Waals surface area contributed by atoms with E-state index < -0.39 is 0 Å². The normalized spacial score (nSPS) is 11.6. The van der Waals surface area contributed by atoms with E-state index in [1.54, 1.807) is 0 Å². The molecule has 7 aromatic rings. The maximum Gasteiger partial charge on any atom is 0.143 e. The highest BCUT2D eigenvalue weighted by Gasteiger charge is 2.13. The lowest BCUT2D eigenvalue weighted by Crippen LogP contribution is -1.88. The predicted molar refractivity (Wildman–Crippen MR) is 137 cm³/mol. The Labute approximate surface area is 190 Å². The van der Waals surface area contributed by atoms with Crippen LogP contribution >= 0.6 is 0 Å². The van der Waals surface area contributed by atoms with E-state index in [1.165, 1.54) is 10.8 Å². The first kappa shape index (κ1) is 18.2. The number of hydrogen-bond donors (Lipinski definition) is 0. The van der Waals surface area contributed by atoms with Gasteiger partial charge in [-0.15, -0.1) is 0 Å². The molecule has 0 spiro atoms. The third kappa shape index (κ3) is 2.85. The average molecular weight is 421 g/mol. The summed E-state index contributed by atoms with van der Waals surface area (Å²) in [5.74, 6) is 0. The number of benzene rings is 5. The fourth-order valence-corrected chi connectivity index (χ4v) is 4.84. The Morgan fingerprint density at radius 1 is 0.515 bits per heavy atom. The van der Waals surface area contributed by atoms with Crippen molar-refractivity contribution >= 4 is 43.6 Å². The van der Waals surface area contributed by atoms with Crippen molar-refractivity contribution in [2.45, 2.75) is 0 Å². The van der Waals surface area contributed by atoms with E-state index in [0.717, 1.165) is 55.2 Å². The quantitative estimate of drug-likeness (QED) is 0.261. The van der Waals surface area contributed by atoms with Gasteiger partial charge < -0.3 is 4.42 Å². The Bertz CT molecular complexity index is 1830. The van der Waals surface area contributed by atoms with Crippen LogP contribution in [-0.4, -0.2) is 4.98 Å². The molecule has 0 aliphatic heterocycles. The van der Waals surface area contributed by atoms with Gasteiger partial charge in [0.25, 0.3) is 0 Å². The molecule has 2 heterocycles. The van der Waals surface area contributed by atoms with Crippen molar-refractivity contribution in [2.24, 2.45) is 0 Å². The first-order valence-electron chi connectivity index (χ1n) is 11.1. The van der Waals surface area contributed by atoms with Crippen LogP contribution in [0.25, 0.3) is 66.0 Å². The maximum atomic E-state index is 6.27. The molecule has 154 valence electrons. The van der Waals surface area contributed by atoms with Gasteiger partial charge in [-0.1, -0.05) is 97.1 Å². The van der Waals surface area contributed by atoms with E-state index in [2.05, 4.69) is 103 Å². The van der Waals surface area contributed by atoms with E-state index in [0.29, 0.717) is 0 Å². The van der Waals surface area contributed by atoms with E-state index >= 15 is 0 Å². The summed E-state index contributed by atoms with van der Waals surface area (Å²) >= 11 is 0. The number of aromatic nitrogens is 1.